The first-order chi connectivity index (χ1) is 15.5. The number of halogens is 11. The third kappa shape index (κ3) is 6.22. The minimum absolute atomic E-state index is 0.325. The fourth-order valence-electron chi connectivity index (χ4n) is 2.76. The molecule has 0 aromatic heterocycles. The van der Waals surface area contributed by atoms with E-state index in [1.54, 1.807) is 5.32 Å². The molecule has 4 nitrogen and oxygen atoms in total. The highest BCUT2D eigenvalue weighted by atomic mass is 35.5. The molecular weight excluding hydrogens is 547 g/mol. The number of carbonyl (C=O) groups excluding carboxylic acids is 2. The van der Waals surface area contributed by atoms with E-state index in [9.17, 15) is 44.7 Å². The van der Waals surface area contributed by atoms with Gasteiger partial charge in [-0.05, 0) is 25.1 Å². The molecule has 2 aromatic rings. The van der Waals surface area contributed by atoms with Gasteiger partial charge in [-0.1, -0.05) is 11.6 Å². The van der Waals surface area contributed by atoms with Crippen LogP contribution in [0.15, 0.2) is 18.2 Å². The van der Waals surface area contributed by atoms with Crippen LogP contribution in [0.3, 0.4) is 0 Å². The first kappa shape index (κ1) is 27.9. The Bertz CT molecular complexity index is 1110. The van der Waals surface area contributed by atoms with Gasteiger partial charge in [0.05, 0.1) is 10.6 Å². The zero-order chi connectivity index (χ0) is 26.2. The molecular formula is C19H11Cl3F8N2O2. The largest absolute Gasteiger partial charge is 0.405 e. The van der Waals surface area contributed by atoms with E-state index in [1.165, 1.54) is 0 Å². The first-order valence-electron chi connectivity index (χ1n) is 8.80. The standard InChI is InChI=1S/C19H11Cl3F8N2O2/c1-18(21,22)10(9-11(23)13(25)15(27)14(26)12(9)24)17(34)32-6-2-3-8(20)7(4-6)16(33)31-5-19(28,29)30/h2-4,10H,5H2,1H3,(H,31,33)(H,32,34). The molecule has 1 atom stereocenters. The molecule has 2 rings (SSSR count). The molecule has 0 saturated carbocycles. The van der Waals surface area contributed by atoms with Crippen LogP contribution in [0, 0.1) is 29.1 Å². The lowest BCUT2D eigenvalue weighted by molar-refractivity contribution is -0.123. The molecule has 2 aromatic carbocycles. The van der Waals surface area contributed by atoms with Gasteiger partial charge in [-0.25, -0.2) is 22.0 Å². The van der Waals surface area contributed by atoms with Crippen LogP contribution in [0.1, 0.15) is 28.8 Å². The maximum Gasteiger partial charge on any atom is 0.405 e. The number of carbonyl (C=O) groups is 2. The smallest absolute Gasteiger partial charge is 0.343 e. The predicted molar refractivity (Wildman–Crippen MR) is 108 cm³/mol. The van der Waals surface area contributed by atoms with E-state index in [2.05, 4.69) is 0 Å². The molecule has 0 aliphatic carbocycles. The van der Waals surface area contributed by atoms with Crippen molar-refractivity contribution in [3.8, 4) is 0 Å². The first-order valence-corrected chi connectivity index (χ1v) is 9.93. The van der Waals surface area contributed by atoms with Crippen molar-refractivity contribution in [2.75, 3.05) is 11.9 Å². The Hall–Kier alpha value is -2.31. The average molecular weight is 558 g/mol. The number of amides is 2. The van der Waals surface area contributed by atoms with Crippen molar-refractivity contribution in [1.29, 1.82) is 0 Å². The molecule has 0 aliphatic heterocycles. The lowest BCUT2D eigenvalue weighted by Crippen LogP contribution is -2.35. The van der Waals surface area contributed by atoms with Crippen LogP contribution in [-0.4, -0.2) is 28.9 Å². The molecule has 186 valence electrons. The van der Waals surface area contributed by atoms with E-state index < -0.39 is 75.0 Å². The van der Waals surface area contributed by atoms with Gasteiger partial charge in [0, 0.05) is 11.3 Å². The lowest BCUT2D eigenvalue weighted by Gasteiger charge is -2.27. The second-order valence-corrected chi connectivity index (χ2v) is 9.03. The average Bonchev–Trinajstić information content (AvgIpc) is 2.71. The number of rotatable bonds is 6. The van der Waals surface area contributed by atoms with Gasteiger partial charge in [-0.3, -0.25) is 9.59 Å². The highest BCUT2D eigenvalue weighted by Crippen LogP contribution is 2.42. The highest BCUT2D eigenvalue weighted by molar-refractivity contribution is 6.50. The number of hydrogen-bond donors (Lipinski definition) is 2. The number of benzene rings is 2. The Labute approximate surface area is 201 Å². The fraction of sp³-hybridized carbons (Fsp3) is 0.263. The van der Waals surface area contributed by atoms with E-state index in [0.717, 1.165) is 25.1 Å². The Kier molecular flexibility index (Phi) is 8.32. The number of alkyl halides is 5. The van der Waals surface area contributed by atoms with Crippen LogP contribution >= 0.6 is 34.8 Å². The molecule has 0 fully saturated rings. The molecule has 0 aliphatic rings. The molecule has 15 heteroatoms. The van der Waals surface area contributed by atoms with E-state index in [4.69, 9.17) is 34.8 Å². The van der Waals surface area contributed by atoms with Gasteiger partial charge in [0.25, 0.3) is 5.91 Å². The fourth-order valence-corrected chi connectivity index (χ4v) is 3.38. The van der Waals surface area contributed by atoms with Gasteiger partial charge >= 0.3 is 6.18 Å². The van der Waals surface area contributed by atoms with Crippen molar-refractivity contribution in [3.63, 3.8) is 0 Å². The second-order valence-electron chi connectivity index (χ2n) is 6.85. The molecule has 2 amide bonds. The molecule has 1 unspecified atom stereocenters. The van der Waals surface area contributed by atoms with E-state index in [0.29, 0.717) is 0 Å². The van der Waals surface area contributed by atoms with Crippen molar-refractivity contribution in [2.45, 2.75) is 23.4 Å². The van der Waals surface area contributed by atoms with Gasteiger partial charge in [0.2, 0.25) is 11.7 Å². The summed E-state index contributed by atoms with van der Waals surface area (Å²) in [5.74, 6) is -17.0. The Morgan fingerprint density at radius 3 is 1.91 bits per heavy atom. The van der Waals surface area contributed by atoms with Gasteiger partial charge < -0.3 is 10.6 Å². The summed E-state index contributed by atoms with van der Waals surface area (Å²) in [6.07, 6.45) is -4.74. The summed E-state index contributed by atoms with van der Waals surface area (Å²) in [4.78, 5) is 24.8. The van der Waals surface area contributed by atoms with Crippen LogP contribution in [0.4, 0.5) is 40.8 Å². The van der Waals surface area contributed by atoms with Crippen molar-refractivity contribution in [3.05, 3.63) is 63.4 Å². The summed E-state index contributed by atoms with van der Waals surface area (Å²) in [6.45, 7) is -0.853. The van der Waals surface area contributed by atoms with Crippen LogP contribution in [0.2, 0.25) is 5.02 Å². The van der Waals surface area contributed by atoms with Crippen LogP contribution in [0.5, 0.6) is 0 Å². The molecule has 34 heavy (non-hydrogen) atoms. The number of nitrogens with one attached hydrogen (secondary N) is 2. The maximum absolute atomic E-state index is 14.3. The molecule has 0 bridgehead atoms. The normalized spacial score (nSPS) is 12.9. The number of anilines is 1. The van der Waals surface area contributed by atoms with Crippen molar-refractivity contribution in [2.24, 2.45) is 0 Å². The monoisotopic (exact) mass is 556 g/mol. The minimum Gasteiger partial charge on any atom is -0.343 e. The van der Waals surface area contributed by atoms with Gasteiger partial charge in [0.1, 0.15) is 16.8 Å². The highest BCUT2D eigenvalue weighted by Gasteiger charge is 2.43. The van der Waals surface area contributed by atoms with Crippen molar-refractivity contribution in [1.82, 2.24) is 5.32 Å². The maximum atomic E-state index is 14.3. The predicted octanol–water partition coefficient (Wildman–Crippen LogP) is 6.24. The zero-order valence-electron chi connectivity index (χ0n) is 16.5. The summed E-state index contributed by atoms with van der Waals surface area (Å²) < 4.78 is 104. The summed E-state index contributed by atoms with van der Waals surface area (Å²) in [7, 11) is 0. The Morgan fingerprint density at radius 1 is 0.941 bits per heavy atom. The topological polar surface area (TPSA) is 58.2 Å². The Morgan fingerprint density at radius 2 is 1.44 bits per heavy atom. The van der Waals surface area contributed by atoms with Gasteiger partial charge in [-0.15, -0.1) is 23.2 Å². The SMILES string of the molecule is CC(Cl)(Cl)C(C(=O)Nc1ccc(Cl)c(C(=O)NCC(F)(F)F)c1)c1c(F)c(F)c(F)c(F)c1F. The minimum atomic E-state index is -4.74. The zero-order valence-corrected chi connectivity index (χ0v) is 18.8. The summed E-state index contributed by atoms with van der Waals surface area (Å²) in [5, 5.41) is 3.23. The van der Waals surface area contributed by atoms with E-state index >= 15 is 0 Å². The molecule has 0 spiro atoms. The third-order valence-electron chi connectivity index (χ3n) is 4.23. The second kappa shape index (κ2) is 10.1. The molecule has 0 heterocycles. The lowest BCUT2D eigenvalue weighted by atomic mass is 9.92. The van der Waals surface area contributed by atoms with E-state index in [1.807, 2.05) is 5.32 Å². The third-order valence-corrected chi connectivity index (χ3v) is 5.00. The quantitative estimate of drug-likeness (QED) is 0.191. The molecule has 0 radical (unpaired) electrons. The van der Waals surface area contributed by atoms with Crippen LogP contribution in [-0.2, 0) is 4.79 Å². The molecule has 0 saturated heterocycles. The van der Waals surface area contributed by atoms with E-state index in [-0.39, 0.29) is 10.7 Å². The van der Waals surface area contributed by atoms with Crippen molar-refractivity contribution >= 4 is 52.3 Å². The summed E-state index contributed by atoms with van der Waals surface area (Å²) in [5.41, 5.74) is -2.51. The van der Waals surface area contributed by atoms with Crippen molar-refractivity contribution < 1.29 is 44.7 Å². The van der Waals surface area contributed by atoms with Gasteiger partial charge in [-0.2, -0.15) is 13.2 Å². The van der Waals surface area contributed by atoms with Crippen LogP contribution in [0.25, 0.3) is 0 Å². The van der Waals surface area contributed by atoms with Gasteiger partial charge in [0.15, 0.2) is 23.3 Å². The summed E-state index contributed by atoms with van der Waals surface area (Å²) >= 11 is 17.4. The Balaban J connectivity index is 2.46. The number of hydrogen-bond acceptors (Lipinski definition) is 2. The summed E-state index contributed by atoms with van der Waals surface area (Å²) in [6, 6.07) is 2.84. The molecule has 2 N–H and O–H groups in total. The van der Waals surface area contributed by atoms with Crippen LogP contribution < -0.4 is 10.6 Å².